The van der Waals surface area contributed by atoms with Gasteiger partial charge in [-0.2, -0.15) is 0 Å². The fourth-order valence-corrected chi connectivity index (χ4v) is 2.68. The average Bonchev–Trinajstić information content (AvgIpc) is 2.48. The molecule has 1 saturated heterocycles. The summed E-state index contributed by atoms with van der Waals surface area (Å²) >= 11 is 0. The Morgan fingerprint density at radius 1 is 1.05 bits per heavy atom. The lowest BCUT2D eigenvalue weighted by Crippen LogP contribution is -2.35. The maximum Gasteiger partial charge on any atom is 0.225 e. The van der Waals surface area contributed by atoms with Crippen molar-refractivity contribution in [1.82, 2.24) is 19.9 Å². The van der Waals surface area contributed by atoms with Crippen LogP contribution in [-0.4, -0.2) is 33.0 Å². The second-order valence-electron chi connectivity index (χ2n) is 5.32. The molecule has 0 atom stereocenters. The molecule has 0 aliphatic carbocycles. The Hall–Kier alpha value is -2.44. The van der Waals surface area contributed by atoms with Crippen molar-refractivity contribution in [2.75, 3.05) is 29.5 Å². The van der Waals surface area contributed by atoms with Gasteiger partial charge in [0.1, 0.15) is 17.5 Å². The van der Waals surface area contributed by atoms with Crippen LogP contribution >= 0.6 is 0 Å². The maximum absolute atomic E-state index is 5.71. The van der Waals surface area contributed by atoms with Gasteiger partial charge >= 0.3 is 0 Å². The molecule has 0 saturated carbocycles. The van der Waals surface area contributed by atoms with E-state index >= 15 is 0 Å². The van der Waals surface area contributed by atoms with Crippen LogP contribution in [0.25, 0.3) is 0 Å². The number of nitrogens with two attached hydrogens (primary N) is 2. The lowest BCUT2D eigenvalue weighted by molar-refractivity contribution is 0.394. The molecule has 3 heterocycles. The Morgan fingerprint density at radius 2 is 1.67 bits per heavy atom. The smallest absolute Gasteiger partial charge is 0.225 e. The number of nitrogens with zero attached hydrogens (tertiary/aromatic N) is 5. The molecule has 1 aliphatic heterocycles. The first-order chi connectivity index (χ1) is 10.2. The first-order valence-electron chi connectivity index (χ1n) is 7.11. The molecule has 21 heavy (non-hydrogen) atoms. The van der Waals surface area contributed by atoms with Crippen molar-refractivity contribution in [1.29, 1.82) is 0 Å². The van der Waals surface area contributed by atoms with Gasteiger partial charge in [0.05, 0.1) is 0 Å². The van der Waals surface area contributed by atoms with E-state index < -0.39 is 0 Å². The molecular formula is C14H19N7. The van der Waals surface area contributed by atoms with E-state index in [9.17, 15) is 0 Å². The molecule has 0 unspecified atom stereocenters. The molecule has 0 spiro atoms. The molecule has 2 aromatic heterocycles. The van der Waals surface area contributed by atoms with Gasteiger partial charge in [-0.1, -0.05) is 0 Å². The highest BCUT2D eigenvalue weighted by Crippen LogP contribution is 2.23. The van der Waals surface area contributed by atoms with Gasteiger partial charge in [-0.25, -0.2) is 19.9 Å². The van der Waals surface area contributed by atoms with Crippen LogP contribution in [0.15, 0.2) is 24.5 Å². The molecule has 0 radical (unpaired) electrons. The zero-order valence-electron chi connectivity index (χ0n) is 11.8. The Bertz CT molecular complexity index is 573. The summed E-state index contributed by atoms with van der Waals surface area (Å²) in [6.45, 7) is 1.90. The molecule has 7 heteroatoms. The van der Waals surface area contributed by atoms with Crippen LogP contribution in [0.1, 0.15) is 18.7 Å². The molecule has 0 aromatic carbocycles. The number of anilines is 3. The Labute approximate surface area is 123 Å². The fourth-order valence-electron chi connectivity index (χ4n) is 2.68. The fraction of sp³-hybridized carbons (Fsp3) is 0.429. The number of nitrogen functional groups attached to an aromatic ring is 2. The number of piperidine rings is 1. The largest absolute Gasteiger partial charge is 0.384 e. The average molecular weight is 285 g/mol. The van der Waals surface area contributed by atoms with Gasteiger partial charge in [-0.15, -0.1) is 0 Å². The maximum atomic E-state index is 5.71. The zero-order chi connectivity index (χ0) is 14.7. The van der Waals surface area contributed by atoms with Crippen LogP contribution in [-0.2, 0) is 6.42 Å². The lowest BCUT2D eigenvalue weighted by Gasteiger charge is -2.31. The highest BCUT2D eigenvalue weighted by Gasteiger charge is 2.22. The monoisotopic (exact) mass is 285 g/mol. The number of hydrogen-bond acceptors (Lipinski definition) is 7. The van der Waals surface area contributed by atoms with E-state index in [1.165, 1.54) is 0 Å². The molecule has 7 nitrogen and oxygen atoms in total. The summed E-state index contributed by atoms with van der Waals surface area (Å²) < 4.78 is 0. The molecule has 110 valence electrons. The van der Waals surface area contributed by atoms with Crippen LogP contribution in [0.3, 0.4) is 0 Å². The normalized spacial score (nSPS) is 16.1. The summed E-state index contributed by atoms with van der Waals surface area (Å²) in [5.74, 6) is 2.97. The topological polar surface area (TPSA) is 107 Å². The van der Waals surface area contributed by atoms with Gasteiger partial charge in [0.2, 0.25) is 5.95 Å². The molecule has 1 aliphatic rings. The van der Waals surface area contributed by atoms with Crippen molar-refractivity contribution >= 4 is 17.6 Å². The molecule has 0 amide bonds. The van der Waals surface area contributed by atoms with E-state index in [0.29, 0.717) is 17.6 Å². The second kappa shape index (κ2) is 5.90. The van der Waals surface area contributed by atoms with E-state index in [2.05, 4.69) is 24.8 Å². The van der Waals surface area contributed by atoms with Gasteiger partial charge in [0.15, 0.2) is 0 Å². The number of hydrogen-bond donors (Lipinski definition) is 2. The third-order valence-corrected chi connectivity index (χ3v) is 3.73. The third kappa shape index (κ3) is 3.36. The highest BCUT2D eigenvalue weighted by molar-refractivity contribution is 5.40. The van der Waals surface area contributed by atoms with Crippen molar-refractivity contribution in [3.63, 3.8) is 0 Å². The Kier molecular flexibility index (Phi) is 3.81. The summed E-state index contributed by atoms with van der Waals surface area (Å²) in [6.07, 6.45) is 6.50. The Balaban J connectivity index is 1.58. The minimum absolute atomic E-state index is 0.438. The van der Waals surface area contributed by atoms with Gasteiger partial charge in [-0.05, 0) is 24.8 Å². The molecule has 2 aromatic rings. The highest BCUT2D eigenvalue weighted by atomic mass is 15.2. The van der Waals surface area contributed by atoms with Crippen molar-refractivity contribution in [2.24, 2.45) is 5.92 Å². The number of rotatable bonds is 3. The minimum atomic E-state index is 0.438. The van der Waals surface area contributed by atoms with E-state index in [1.807, 2.05) is 6.07 Å². The summed E-state index contributed by atoms with van der Waals surface area (Å²) in [5.41, 5.74) is 11.4. The van der Waals surface area contributed by atoms with E-state index in [4.69, 9.17) is 11.5 Å². The summed E-state index contributed by atoms with van der Waals surface area (Å²) in [6, 6.07) is 3.41. The van der Waals surface area contributed by atoms with Crippen molar-refractivity contribution in [2.45, 2.75) is 19.3 Å². The molecule has 1 fully saturated rings. The van der Waals surface area contributed by atoms with Crippen LogP contribution < -0.4 is 16.4 Å². The third-order valence-electron chi connectivity index (χ3n) is 3.73. The van der Waals surface area contributed by atoms with Gasteiger partial charge in [0.25, 0.3) is 0 Å². The molecule has 0 bridgehead atoms. The zero-order valence-corrected chi connectivity index (χ0v) is 11.8. The quantitative estimate of drug-likeness (QED) is 0.862. The Morgan fingerprint density at radius 3 is 2.29 bits per heavy atom. The first kappa shape index (κ1) is 13.5. The van der Waals surface area contributed by atoms with Crippen molar-refractivity contribution < 1.29 is 0 Å². The van der Waals surface area contributed by atoms with Gasteiger partial charge in [0, 0.05) is 38.0 Å². The van der Waals surface area contributed by atoms with E-state index in [-0.39, 0.29) is 0 Å². The summed E-state index contributed by atoms with van der Waals surface area (Å²) in [7, 11) is 0. The van der Waals surface area contributed by atoms with Crippen molar-refractivity contribution in [3.8, 4) is 0 Å². The summed E-state index contributed by atoms with van der Waals surface area (Å²) in [4.78, 5) is 19.3. The first-order valence-corrected chi connectivity index (χ1v) is 7.11. The van der Waals surface area contributed by atoms with E-state index in [1.54, 1.807) is 18.5 Å². The van der Waals surface area contributed by atoms with Gasteiger partial charge < -0.3 is 16.4 Å². The minimum Gasteiger partial charge on any atom is -0.384 e. The molecular weight excluding hydrogens is 266 g/mol. The SMILES string of the molecule is Nc1cc(N)nc(CC2CCN(c3ncccn3)CC2)n1. The standard InChI is InChI=1S/C14H19N7/c15-11-9-12(16)20-13(19-11)8-10-2-6-21(7-3-10)14-17-4-1-5-18-14/h1,4-5,9-10H,2-3,6-8H2,(H4,15,16,19,20). The van der Waals surface area contributed by atoms with Crippen LogP contribution in [0, 0.1) is 5.92 Å². The van der Waals surface area contributed by atoms with Crippen LogP contribution in [0.5, 0.6) is 0 Å². The summed E-state index contributed by atoms with van der Waals surface area (Å²) in [5, 5.41) is 0. The van der Waals surface area contributed by atoms with Gasteiger partial charge in [-0.3, -0.25) is 0 Å². The van der Waals surface area contributed by atoms with E-state index in [0.717, 1.165) is 44.1 Å². The van der Waals surface area contributed by atoms with Crippen LogP contribution in [0.4, 0.5) is 17.6 Å². The predicted molar refractivity (Wildman–Crippen MR) is 81.5 cm³/mol. The predicted octanol–water partition coefficient (Wildman–Crippen LogP) is 0.890. The molecule has 4 N–H and O–H groups in total. The lowest BCUT2D eigenvalue weighted by atomic mass is 9.93. The second-order valence-corrected chi connectivity index (χ2v) is 5.32. The molecule has 3 rings (SSSR count). The van der Waals surface area contributed by atoms with Crippen molar-refractivity contribution in [3.05, 3.63) is 30.4 Å². The van der Waals surface area contributed by atoms with Crippen LogP contribution in [0.2, 0.25) is 0 Å². The number of aromatic nitrogens is 4.